The van der Waals surface area contributed by atoms with Crippen LogP contribution < -0.4 is 0 Å². The van der Waals surface area contributed by atoms with E-state index in [0.29, 0.717) is 5.56 Å². The van der Waals surface area contributed by atoms with Crippen molar-refractivity contribution >= 4 is 5.97 Å². The maximum absolute atomic E-state index is 12.8. The van der Waals surface area contributed by atoms with Crippen molar-refractivity contribution in [2.75, 3.05) is 6.61 Å². The quantitative estimate of drug-likeness (QED) is 0.560. The van der Waals surface area contributed by atoms with E-state index in [9.17, 15) is 9.90 Å². The topological polar surface area (TPSA) is 83.5 Å². The molecule has 34 heavy (non-hydrogen) atoms. The van der Waals surface area contributed by atoms with E-state index >= 15 is 0 Å². The Morgan fingerprint density at radius 3 is 2.24 bits per heavy atom. The van der Waals surface area contributed by atoms with Crippen LogP contribution in [0.5, 0.6) is 0 Å². The number of benzene rings is 3. The van der Waals surface area contributed by atoms with Gasteiger partial charge in [-0.2, -0.15) is 0 Å². The maximum atomic E-state index is 12.8. The molecule has 3 aromatic carbocycles. The van der Waals surface area contributed by atoms with E-state index in [1.807, 2.05) is 66.7 Å². The Morgan fingerprint density at radius 1 is 0.882 bits per heavy atom. The summed E-state index contributed by atoms with van der Waals surface area (Å²) in [6, 6.07) is 27.6. The van der Waals surface area contributed by atoms with Gasteiger partial charge in [-0.15, -0.1) is 0 Å². The largest absolute Gasteiger partial charge is 0.450 e. The highest BCUT2D eigenvalue weighted by Gasteiger charge is 2.51. The monoisotopic (exact) mass is 462 g/mol. The van der Waals surface area contributed by atoms with E-state index < -0.39 is 43.0 Å². The van der Waals surface area contributed by atoms with E-state index in [1.54, 1.807) is 24.3 Å². The number of ether oxygens (including phenoxy) is 5. The molecule has 2 aliphatic rings. The SMILES string of the molecule is O=C(O[C@H]1[C@H](OCc2ccccc2)O[C@@H]2CO[C@@H](c3ccccc3)O[C@H]2[C@@H]1O)c1ccccc1. The van der Waals surface area contributed by atoms with Crippen LogP contribution in [0, 0.1) is 0 Å². The molecule has 0 aromatic heterocycles. The molecule has 0 bridgehead atoms. The highest BCUT2D eigenvalue weighted by Crippen LogP contribution is 2.35. The molecule has 7 heteroatoms. The molecule has 2 fully saturated rings. The van der Waals surface area contributed by atoms with Crippen molar-refractivity contribution in [2.45, 2.75) is 43.6 Å². The molecule has 2 saturated heterocycles. The summed E-state index contributed by atoms with van der Waals surface area (Å²) < 4.78 is 29.7. The lowest BCUT2D eigenvalue weighted by molar-refractivity contribution is -0.362. The van der Waals surface area contributed by atoms with Gasteiger partial charge < -0.3 is 28.8 Å². The van der Waals surface area contributed by atoms with Crippen molar-refractivity contribution in [3.63, 3.8) is 0 Å². The molecule has 0 radical (unpaired) electrons. The molecule has 3 aromatic rings. The molecule has 2 aliphatic heterocycles. The highest BCUT2D eigenvalue weighted by molar-refractivity contribution is 5.89. The summed E-state index contributed by atoms with van der Waals surface area (Å²) in [5, 5.41) is 11.3. The minimum absolute atomic E-state index is 0.200. The summed E-state index contributed by atoms with van der Waals surface area (Å²) in [5.41, 5.74) is 2.12. The molecule has 7 nitrogen and oxygen atoms in total. The molecular weight excluding hydrogens is 436 g/mol. The van der Waals surface area contributed by atoms with Gasteiger partial charge in [0.1, 0.15) is 18.3 Å². The molecule has 1 N–H and O–H groups in total. The molecule has 5 rings (SSSR count). The third-order valence-corrected chi connectivity index (χ3v) is 5.89. The van der Waals surface area contributed by atoms with Crippen molar-refractivity contribution < 1.29 is 33.6 Å². The maximum Gasteiger partial charge on any atom is 0.338 e. The number of hydrogen-bond donors (Lipinski definition) is 1. The lowest BCUT2D eigenvalue weighted by atomic mass is 9.97. The molecular formula is C27H26O7. The average Bonchev–Trinajstić information content (AvgIpc) is 2.90. The lowest BCUT2D eigenvalue weighted by Crippen LogP contribution is -2.63. The van der Waals surface area contributed by atoms with Crippen molar-refractivity contribution in [3.05, 3.63) is 108 Å². The van der Waals surface area contributed by atoms with Crippen LogP contribution in [0.2, 0.25) is 0 Å². The summed E-state index contributed by atoms with van der Waals surface area (Å²) in [4.78, 5) is 12.8. The van der Waals surface area contributed by atoms with Crippen LogP contribution in [0.1, 0.15) is 27.8 Å². The standard InChI is InChI=1S/C27H26O7/c28-22-23-21(17-31-26(34-23)20-14-8-3-9-15-20)32-27(30-16-18-10-4-1-5-11-18)24(22)33-25(29)19-12-6-2-7-13-19/h1-15,21-24,26-28H,16-17H2/t21-,22+,23-,24-,26-,27-/m1/s1. The number of rotatable bonds is 6. The van der Waals surface area contributed by atoms with Crippen LogP contribution >= 0.6 is 0 Å². The molecule has 0 unspecified atom stereocenters. The Hall–Kier alpha value is -3.07. The third kappa shape index (κ3) is 5.04. The van der Waals surface area contributed by atoms with Gasteiger partial charge in [0.2, 0.25) is 0 Å². The van der Waals surface area contributed by atoms with E-state index in [0.717, 1.165) is 11.1 Å². The Morgan fingerprint density at radius 2 is 1.53 bits per heavy atom. The normalized spacial score (nSPS) is 28.6. The smallest absolute Gasteiger partial charge is 0.338 e. The van der Waals surface area contributed by atoms with Crippen LogP contribution in [0.15, 0.2) is 91.0 Å². The predicted molar refractivity (Wildman–Crippen MR) is 122 cm³/mol. The first-order chi connectivity index (χ1) is 16.7. The van der Waals surface area contributed by atoms with Crippen molar-refractivity contribution in [1.29, 1.82) is 0 Å². The second-order valence-corrected chi connectivity index (χ2v) is 8.24. The number of carbonyl (C=O) groups excluding carboxylic acids is 1. The number of carbonyl (C=O) groups is 1. The van der Waals surface area contributed by atoms with Crippen LogP contribution in [0.3, 0.4) is 0 Å². The summed E-state index contributed by atoms with van der Waals surface area (Å²) in [6.45, 7) is 0.426. The van der Waals surface area contributed by atoms with Crippen LogP contribution in [0.4, 0.5) is 0 Å². The van der Waals surface area contributed by atoms with Crippen LogP contribution in [-0.2, 0) is 30.3 Å². The number of aliphatic hydroxyl groups excluding tert-OH is 1. The fraction of sp³-hybridized carbons (Fsp3) is 0.296. The van der Waals surface area contributed by atoms with Gasteiger partial charge in [-0.3, -0.25) is 0 Å². The van der Waals surface area contributed by atoms with Gasteiger partial charge in [-0.25, -0.2) is 4.79 Å². The van der Waals surface area contributed by atoms with Crippen molar-refractivity contribution in [3.8, 4) is 0 Å². The summed E-state index contributed by atoms with van der Waals surface area (Å²) in [6.07, 6.45) is -5.27. The summed E-state index contributed by atoms with van der Waals surface area (Å²) in [7, 11) is 0. The third-order valence-electron chi connectivity index (χ3n) is 5.89. The first-order valence-electron chi connectivity index (χ1n) is 11.3. The molecule has 6 atom stereocenters. The Kier molecular flexibility index (Phi) is 6.99. The van der Waals surface area contributed by atoms with Gasteiger partial charge >= 0.3 is 5.97 Å². The second kappa shape index (κ2) is 10.5. The summed E-state index contributed by atoms with van der Waals surface area (Å²) in [5.74, 6) is -0.577. The molecule has 176 valence electrons. The minimum atomic E-state index is -1.18. The second-order valence-electron chi connectivity index (χ2n) is 8.24. The predicted octanol–water partition coefficient (Wildman–Crippen LogP) is 3.63. The number of hydrogen-bond acceptors (Lipinski definition) is 7. The Balaban J connectivity index is 1.35. The van der Waals surface area contributed by atoms with Gasteiger partial charge in [-0.05, 0) is 17.7 Å². The van der Waals surface area contributed by atoms with Gasteiger partial charge in [0.15, 0.2) is 18.7 Å². The van der Waals surface area contributed by atoms with Gasteiger partial charge in [0.05, 0.1) is 18.8 Å². The van der Waals surface area contributed by atoms with E-state index in [4.69, 9.17) is 23.7 Å². The molecule has 2 heterocycles. The zero-order valence-corrected chi connectivity index (χ0v) is 18.4. The van der Waals surface area contributed by atoms with Gasteiger partial charge in [-0.1, -0.05) is 78.9 Å². The molecule has 0 saturated carbocycles. The van der Waals surface area contributed by atoms with Crippen molar-refractivity contribution in [1.82, 2.24) is 0 Å². The minimum Gasteiger partial charge on any atom is -0.450 e. The Bertz CT molecular complexity index is 1060. The lowest BCUT2D eigenvalue weighted by Gasteiger charge is -2.47. The van der Waals surface area contributed by atoms with Crippen molar-refractivity contribution in [2.24, 2.45) is 0 Å². The number of esters is 1. The Labute approximate surface area is 197 Å². The zero-order chi connectivity index (χ0) is 23.3. The van der Waals surface area contributed by atoms with Gasteiger partial charge in [0.25, 0.3) is 0 Å². The van der Waals surface area contributed by atoms with E-state index in [1.165, 1.54) is 0 Å². The van der Waals surface area contributed by atoms with Crippen LogP contribution in [0.25, 0.3) is 0 Å². The van der Waals surface area contributed by atoms with E-state index in [-0.39, 0.29) is 13.2 Å². The molecule has 0 spiro atoms. The molecule has 0 amide bonds. The zero-order valence-electron chi connectivity index (χ0n) is 18.4. The number of fused-ring (bicyclic) bond motifs is 1. The average molecular weight is 462 g/mol. The first-order valence-corrected chi connectivity index (χ1v) is 11.3. The highest BCUT2D eigenvalue weighted by atomic mass is 16.8. The number of aliphatic hydroxyl groups is 1. The first kappa shape index (κ1) is 22.7. The summed E-state index contributed by atoms with van der Waals surface area (Å²) >= 11 is 0. The van der Waals surface area contributed by atoms with E-state index in [2.05, 4.69) is 0 Å². The van der Waals surface area contributed by atoms with Gasteiger partial charge in [0, 0.05) is 5.56 Å². The fourth-order valence-corrected chi connectivity index (χ4v) is 4.12. The van der Waals surface area contributed by atoms with Crippen LogP contribution in [-0.4, -0.2) is 48.4 Å². The fourth-order valence-electron chi connectivity index (χ4n) is 4.12. The molecule has 0 aliphatic carbocycles.